The van der Waals surface area contributed by atoms with Gasteiger partial charge in [0.05, 0.1) is 0 Å². The molecule has 0 amide bonds. The predicted octanol–water partition coefficient (Wildman–Crippen LogP) is 8.33. The summed E-state index contributed by atoms with van der Waals surface area (Å²) < 4.78 is 296. The lowest BCUT2D eigenvalue weighted by Gasteiger charge is -2.44. The normalized spacial score (nSPS) is 11.6. The average molecular weight is 934 g/mol. The quantitative estimate of drug-likeness (QED) is 0.0404. The molecule has 0 spiro atoms. The minimum absolute atomic E-state index is 0.127. The van der Waals surface area contributed by atoms with Crippen molar-refractivity contribution in [3.05, 3.63) is 175 Å². The Morgan fingerprint density at radius 1 is 0.391 bits per heavy atom. The van der Waals surface area contributed by atoms with E-state index in [1.807, 2.05) is 62.6 Å². The van der Waals surface area contributed by atoms with Gasteiger partial charge in [-0.15, -0.1) is 21.9 Å². The number of rotatable bonds is 7. The van der Waals surface area contributed by atoms with Crippen LogP contribution in [0.2, 0.25) is 0 Å². The first-order valence-electron chi connectivity index (χ1n) is 17.4. The summed E-state index contributed by atoms with van der Waals surface area (Å²) in [4.78, 5) is 16.8. The molecule has 1 heterocycles. The molecule has 0 saturated carbocycles. The highest BCUT2D eigenvalue weighted by Crippen LogP contribution is 2.31. The second kappa shape index (κ2) is 17.6. The molecule has 0 aliphatic heterocycles. The maximum absolute atomic E-state index is 15.4. The summed E-state index contributed by atoms with van der Waals surface area (Å²) in [6.07, 6.45) is -7.22. The fourth-order valence-corrected chi connectivity index (χ4v) is 7.03. The number of carbonyl (C=O) groups is 1. The summed E-state index contributed by atoms with van der Waals surface area (Å²) in [6.45, 7) is 8.34. The van der Waals surface area contributed by atoms with Crippen LogP contribution in [0.4, 0.5) is 87.8 Å². The number of nitrogens with zero attached hydrogens (tertiary/aromatic N) is 2. The largest absolute Gasteiger partial charge is 0.287 e. The Balaban J connectivity index is 0.000000337. The molecule has 338 valence electrons. The minimum Gasteiger partial charge on any atom is -0.287 e. The molecule has 0 radical (unpaired) electrons. The Labute approximate surface area is 345 Å². The molecule has 0 N–H and O–H groups in total. The summed E-state index contributed by atoms with van der Waals surface area (Å²) in [5.74, 6) is -71.3. The SMILES string of the molecule is Cc1nc(C)c(C)[n+](CC(=O)c2ccccc2)c1C.Fc1c(F)c(F)c([B-](c2c(F)c(F)c(F)c(F)c2F)(c2c(F)c(F)c(F)c(F)c2F)c2c(F)c(F)c(F)c(F)c2F)c(F)c1F. The van der Waals surface area contributed by atoms with E-state index in [1.54, 1.807) is 0 Å². The molecule has 5 aromatic carbocycles. The van der Waals surface area contributed by atoms with E-state index in [4.69, 9.17) is 0 Å². The van der Waals surface area contributed by atoms with Crippen molar-refractivity contribution >= 4 is 33.8 Å². The van der Waals surface area contributed by atoms with Gasteiger partial charge in [-0.25, -0.2) is 92.8 Å². The molecule has 6 rings (SSSR count). The number of ketones is 1. The summed E-state index contributed by atoms with van der Waals surface area (Å²) in [5, 5.41) is 0. The summed E-state index contributed by atoms with van der Waals surface area (Å²) >= 11 is 0. The Morgan fingerprint density at radius 3 is 0.844 bits per heavy atom. The fraction of sp³-hybridized carbons (Fsp3) is 0.125. The molecule has 3 nitrogen and oxygen atoms in total. The number of aromatic nitrogens is 2. The molecule has 0 unspecified atom stereocenters. The molecule has 0 aliphatic carbocycles. The van der Waals surface area contributed by atoms with Crippen LogP contribution in [0.3, 0.4) is 0 Å². The third-order valence-corrected chi connectivity index (χ3v) is 10.3. The van der Waals surface area contributed by atoms with Crippen LogP contribution in [-0.4, -0.2) is 16.9 Å². The number of Topliss-reactive ketones (excluding diaryl/α,β-unsaturated/α-hetero) is 1. The highest BCUT2D eigenvalue weighted by molar-refractivity contribution is 7.20. The second-order valence-corrected chi connectivity index (χ2v) is 13.6. The van der Waals surface area contributed by atoms with Gasteiger partial charge in [-0.3, -0.25) is 4.79 Å². The van der Waals surface area contributed by atoms with Crippen molar-refractivity contribution in [2.24, 2.45) is 0 Å². The molecule has 64 heavy (non-hydrogen) atoms. The second-order valence-electron chi connectivity index (χ2n) is 13.6. The van der Waals surface area contributed by atoms with E-state index in [2.05, 4.69) is 4.98 Å². The van der Waals surface area contributed by atoms with Crippen LogP contribution in [0.5, 0.6) is 0 Å². The van der Waals surface area contributed by atoms with Crippen LogP contribution in [-0.2, 0) is 6.54 Å². The van der Waals surface area contributed by atoms with Crippen LogP contribution in [0.1, 0.15) is 33.1 Å². The molecular formula is C40H19BF20N2O. The number of carbonyl (C=O) groups excluding carboxylic acids is 1. The number of hydrogen-bond acceptors (Lipinski definition) is 2. The molecule has 0 bridgehead atoms. The fourth-order valence-electron chi connectivity index (χ4n) is 7.03. The van der Waals surface area contributed by atoms with E-state index < -0.39 is 144 Å². The van der Waals surface area contributed by atoms with E-state index in [0.29, 0.717) is 6.54 Å². The van der Waals surface area contributed by atoms with Gasteiger partial charge in [-0.1, -0.05) is 30.3 Å². The van der Waals surface area contributed by atoms with E-state index in [9.17, 15) is 57.5 Å². The van der Waals surface area contributed by atoms with E-state index in [0.717, 1.165) is 28.3 Å². The molecule has 1 aromatic heterocycles. The van der Waals surface area contributed by atoms with Crippen LogP contribution in [0, 0.1) is 144 Å². The summed E-state index contributed by atoms with van der Waals surface area (Å²) in [7, 11) is 0. The van der Waals surface area contributed by atoms with Crippen molar-refractivity contribution in [3.8, 4) is 0 Å². The molecule has 24 heteroatoms. The first-order chi connectivity index (χ1) is 29.7. The van der Waals surface area contributed by atoms with Gasteiger partial charge in [0.25, 0.3) is 0 Å². The zero-order valence-corrected chi connectivity index (χ0v) is 32.0. The van der Waals surface area contributed by atoms with Gasteiger partial charge in [-0.05, 0) is 13.8 Å². The van der Waals surface area contributed by atoms with Crippen molar-refractivity contribution in [3.63, 3.8) is 0 Å². The lowest BCUT2D eigenvalue weighted by atomic mass is 9.12. The lowest BCUT2D eigenvalue weighted by Crippen LogP contribution is -2.81. The Hall–Kier alpha value is -6.49. The van der Waals surface area contributed by atoms with Crippen molar-refractivity contribution in [2.45, 2.75) is 34.2 Å². The Morgan fingerprint density at radius 2 is 0.609 bits per heavy atom. The van der Waals surface area contributed by atoms with Gasteiger partial charge in [0, 0.05) is 19.4 Å². The van der Waals surface area contributed by atoms with Gasteiger partial charge in [0.1, 0.15) is 64.1 Å². The predicted molar refractivity (Wildman–Crippen MR) is 183 cm³/mol. The third-order valence-electron chi connectivity index (χ3n) is 10.3. The topological polar surface area (TPSA) is 33.8 Å². The third kappa shape index (κ3) is 7.38. The molecule has 0 atom stereocenters. The Kier molecular flexibility index (Phi) is 13.3. The van der Waals surface area contributed by atoms with E-state index >= 15 is 35.1 Å². The monoisotopic (exact) mass is 934 g/mol. The van der Waals surface area contributed by atoms with Gasteiger partial charge in [0.2, 0.25) is 12.3 Å². The van der Waals surface area contributed by atoms with E-state index in [-0.39, 0.29) is 5.78 Å². The highest BCUT2D eigenvalue weighted by atomic mass is 19.2. The van der Waals surface area contributed by atoms with Crippen molar-refractivity contribution in [1.29, 1.82) is 0 Å². The number of benzene rings is 5. The van der Waals surface area contributed by atoms with Crippen LogP contribution < -0.4 is 26.4 Å². The van der Waals surface area contributed by atoms with Crippen molar-refractivity contribution < 1.29 is 97.2 Å². The average Bonchev–Trinajstić information content (AvgIpc) is 3.27. The first-order valence-corrected chi connectivity index (χ1v) is 17.4. The summed E-state index contributed by atoms with van der Waals surface area (Å²) in [6, 6.07) is 9.41. The highest BCUT2D eigenvalue weighted by Gasteiger charge is 2.52. The maximum atomic E-state index is 15.4. The van der Waals surface area contributed by atoms with Crippen LogP contribution in [0.25, 0.3) is 0 Å². The molecular weight excluding hydrogens is 915 g/mol. The number of halogens is 20. The zero-order chi connectivity index (χ0) is 48.3. The zero-order valence-electron chi connectivity index (χ0n) is 32.0. The smallest absolute Gasteiger partial charge is 0.227 e. The number of hydrogen-bond donors (Lipinski definition) is 0. The lowest BCUT2D eigenvalue weighted by molar-refractivity contribution is -0.696. The van der Waals surface area contributed by atoms with Gasteiger partial charge >= 0.3 is 0 Å². The molecule has 0 fully saturated rings. The number of aryl methyl sites for hydroxylation is 2. The standard InChI is InChI=1S/C24BF20.C16H19N2O/c26-5-1(6(27)14(35)21(42)13(5)34)25(2-7(28)15(36)22(43)16(37)8(2)29,3-9(30)17(38)23(44)18(39)10(3)31)4-11(32)19(40)24(45)20(41)12(4)33;1-11-13(3)18(14(4)12(2)17-11)10-16(19)15-8-6-5-7-9-15/h;5-9H,10H2,1-4H3/q-1;+1. The van der Waals surface area contributed by atoms with Gasteiger partial charge in [0.15, 0.2) is 81.2 Å². The Bertz CT molecular complexity index is 2520. The van der Waals surface area contributed by atoms with E-state index in [1.165, 1.54) is 0 Å². The van der Waals surface area contributed by atoms with Crippen LogP contribution in [0.15, 0.2) is 30.3 Å². The minimum atomic E-state index is -7.22. The first kappa shape index (κ1) is 48.5. The van der Waals surface area contributed by atoms with Crippen molar-refractivity contribution in [2.75, 3.05) is 0 Å². The van der Waals surface area contributed by atoms with Crippen molar-refractivity contribution in [1.82, 2.24) is 4.98 Å². The summed E-state index contributed by atoms with van der Waals surface area (Å²) in [5.41, 5.74) is -9.53. The van der Waals surface area contributed by atoms with Gasteiger partial charge in [-0.2, -0.15) is 4.57 Å². The van der Waals surface area contributed by atoms with Gasteiger partial charge < -0.3 is 0 Å². The molecule has 0 saturated heterocycles. The molecule has 0 aliphatic rings. The van der Waals surface area contributed by atoms with Crippen LogP contribution >= 0.6 is 0 Å². The molecule has 6 aromatic rings. The maximum Gasteiger partial charge on any atom is 0.227 e.